The Balaban J connectivity index is 2.63. The summed E-state index contributed by atoms with van der Waals surface area (Å²) in [6.07, 6.45) is 2.95. The van der Waals surface area contributed by atoms with Gasteiger partial charge in [0, 0.05) is 19.1 Å². The molecule has 1 heterocycles. The fourth-order valence-corrected chi connectivity index (χ4v) is 1.93. The van der Waals surface area contributed by atoms with E-state index >= 15 is 0 Å². The van der Waals surface area contributed by atoms with E-state index in [1.165, 1.54) is 0 Å². The summed E-state index contributed by atoms with van der Waals surface area (Å²) in [6, 6.07) is 0.392. The molecule has 0 saturated heterocycles. The molecule has 0 aromatic carbocycles. The van der Waals surface area contributed by atoms with E-state index in [0.29, 0.717) is 24.4 Å². The van der Waals surface area contributed by atoms with Crippen LogP contribution in [0.5, 0.6) is 0 Å². The van der Waals surface area contributed by atoms with Crippen molar-refractivity contribution in [1.29, 1.82) is 0 Å². The van der Waals surface area contributed by atoms with E-state index in [2.05, 4.69) is 29.3 Å². The van der Waals surface area contributed by atoms with Crippen LogP contribution in [0, 0.1) is 0 Å². The molecule has 5 nitrogen and oxygen atoms in total. The van der Waals surface area contributed by atoms with E-state index in [-0.39, 0.29) is 0 Å². The second-order valence-corrected chi connectivity index (χ2v) is 5.22. The van der Waals surface area contributed by atoms with Gasteiger partial charge in [0.1, 0.15) is 5.60 Å². The lowest BCUT2D eigenvalue weighted by molar-refractivity contribution is -0.0221. The normalized spacial score (nSPS) is 13.7. The Kier molecular flexibility index (Phi) is 6.45. The molecule has 1 atom stereocenters. The SMILES string of the molecule is CCCNC(CC)Cc1nc(C(C)(C)OCC)no1. The second-order valence-electron chi connectivity index (χ2n) is 5.22. The van der Waals surface area contributed by atoms with Crippen molar-refractivity contribution in [2.45, 2.75) is 65.5 Å². The molecule has 0 aliphatic rings. The van der Waals surface area contributed by atoms with Gasteiger partial charge in [0.15, 0.2) is 0 Å². The lowest BCUT2D eigenvalue weighted by Gasteiger charge is -2.19. The van der Waals surface area contributed by atoms with E-state index in [4.69, 9.17) is 9.26 Å². The molecule has 1 aromatic heterocycles. The van der Waals surface area contributed by atoms with Crippen LogP contribution in [0.4, 0.5) is 0 Å². The van der Waals surface area contributed by atoms with Crippen molar-refractivity contribution in [2.75, 3.05) is 13.2 Å². The van der Waals surface area contributed by atoms with Crippen molar-refractivity contribution in [1.82, 2.24) is 15.5 Å². The molecule has 1 unspecified atom stereocenters. The Hall–Kier alpha value is -0.940. The third-order valence-corrected chi connectivity index (χ3v) is 3.11. The Morgan fingerprint density at radius 2 is 2.05 bits per heavy atom. The van der Waals surface area contributed by atoms with Crippen LogP contribution in [0.3, 0.4) is 0 Å². The highest BCUT2D eigenvalue weighted by Crippen LogP contribution is 2.21. The van der Waals surface area contributed by atoms with E-state index < -0.39 is 5.60 Å². The number of ether oxygens (including phenoxy) is 1. The molecular weight excluding hydrogens is 242 g/mol. The monoisotopic (exact) mass is 269 g/mol. The molecule has 19 heavy (non-hydrogen) atoms. The minimum absolute atomic E-state index is 0.392. The molecule has 1 aromatic rings. The molecule has 0 aliphatic carbocycles. The van der Waals surface area contributed by atoms with Crippen molar-refractivity contribution >= 4 is 0 Å². The van der Waals surface area contributed by atoms with Gasteiger partial charge in [-0.05, 0) is 40.2 Å². The minimum Gasteiger partial charge on any atom is -0.368 e. The topological polar surface area (TPSA) is 60.2 Å². The van der Waals surface area contributed by atoms with Crippen LogP contribution in [0.15, 0.2) is 4.52 Å². The molecule has 1 N–H and O–H groups in total. The Morgan fingerprint density at radius 1 is 1.32 bits per heavy atom. The first-order valence-electron chi connectivity index (χ1n) is 7.23. The van der Waals surface area contributed by atoms with Gasteiger partial charge in [0.05, 0.1) is 0 Å². The first-order chi connectivity index (χ1) is 9.03. The molecule has 0 saturated carbocycles. The van der Waals surface area contributed by atoms with Gasteiger partial charge in [-0.3, -0.25) is 0 Å². The maximum atomic E-state index is 5.62. The molecule has 0 spiro atoms. The quantitative estimate of drug-likeness (QED) is 0.747. The zero-order valence-corrected chi connectivity index (χ0v) is 12.8. The molecular formula is C14H27N3O2. The van der Waals surface area contributed by atoms with E-state index in [0.717, 1.165) is 25.8 Å². The van der Waals surface area contributed by atoms with Crippen LogP contribution in [-0.2, 0) is 16.8 Å². The zero-order chi connectivity index (χ0) is 14.3. The van der Waals surface area contributed by atoms with Gasteiger partial charge in [-0.2, -0.15) is 4.98 Å². The van der Waals surface area contributed by atoms with Crippen molar-refractivity contribution in [2.24, 2.45) is 0 Å². The van der Waals surface area contributed by atoms with Gasteiger partial charge in [-0.25, -0.2) is 0 Å². The zero-order valence-electron chi connectivity index (χ0n) is 12.8. The van der Waals surface area contributed by atoms with Gasteiger partial charge in [-0.15, -0.1) is 0 Å². The molecule has 0 aliphatic heterocycles. The Bertz CT molecular complexity index is 363. The number of nitrogens with one attached hydrogen (secondary N) is 1. The summed E-state index contributed by atoms with van der Waals surface area (Å²) in [7, 11) is 0. The minimum atomic E-state index is -0.491. The molecule has 110 valence electrons. The molecule has 0 amide bonds. The average molecular weight is 269 g/mol. The van der Waals surface area contributed by atoms with Crippen LogP contribution >= 0.6 is 0 Å². The van der Waals surface area contributed by atoms with Crippen LogP contribution in [0.1, 0.15) is 59.2 Å². The third-order valence-electron chi connectivity index (χ3n) is 3.11. The van der Waals surface area contributed by atoms with Gasteiger partial charge >= 0.3 is 0 Å². The van der Waals surface area contributed by atoms with Crippen LogP contribution < -0.4 is 5.32 Å². The average Bonchev–Trinajstić information content (AvgIpc) is 2.83. The molecule has 0 fully saturated rings. The van der Waals surface area contributed by atoms with Crippen molar-refractivity contribution in [3.8, 4) is 0 Å². The van der Waals surface area contributed by atoms with Crippen molar-refractivity contribution in [3.63, 3.8) is 0 Å². The lowest BCUT2D eigenvalue weighted by Crippen LogP contribution is -2.31. The highest BCUT2D eigenvalue weighted by molar-refractivity contribution is 4.98. The smallest absolute Gasteiger partial charge is 0.228 e. The van der Waals surface area contributed by atoms with Gasteiger partial charge in [0.2, 0.25) is 11.7 Å². The largest absolute Gasteiger partial charge is 0.368 e. The van der Waals surface area contributed by atoms with Crippen LogP contribution in [0.25, 0.3) is 0 Å². The maximum Gasteiger partial charge on any atom is 0.228 e. The Labute approximate surface area is 116 Å². The Morgan fingerprint density at radius 3 is 2.63 bits per heavy atom. The standard InChI is InChI=1S/C14H27N3O2/c1-6-9-15-11(7-2)10-12-16-13(17-19-12)14(4,5)18-8-3/h11,15H,6-10H2,1-5H3. The summed E-state index contributed by atoms with van der Waals surface area (Å²) < 4.78 is 11.0. The lowest BCUT2D eigenvalue weighted by atomic mass is 10.1. The molecule has 0 bridgehead atoms. The predicted molar refractivity (Wildman–Crippen MR) is 75.0 cm³/mol. The van der Waals surface area contributed by atoms with E-state index in [1.54, 1.807) is 0 Å². The summed E-state index contributed by atoms with van der Waals surface area (Å²) >= 11 is 0. The number of aromatic nitrogens is 2. The summed E-state index contributed by atoms with van der Waals surface area (Å²) in [6.45, 7) is 11.8. The second kappa shape index (κ2) is 7.60. The van der Waals surface area contributed by atoms with Crippen LogP contribution in [-0.4, -0.2) is 29.3 Å². The van der Waals surface area contributed by atoms with E-state index in [9.17, 15) is 0 Å². The predicted octanol–water partition coefficient (Wildman–Crippen LogP) is 2.66. The van der Waals surface area contributed by atoms with Crippen molar-refractivity contribution < 1.29 is 9.26 Å². The number of rotatable bonds is 9. The molecule has 0 radical (unpaired) electrons. The van der Waals surface area contributed by atoms with Crippen molar-refractivity contribution in [3.05, 3.63) is 11.7 Å². The number of hydrogen-bond acceptors (Lipinski definition) is 5. The van der Waals surface area contributed by atoms with E-state index in [1.807, 2.05) is 20.8 Å². The number of hydrogen-bond donors (Lipinski definition) is 1. The summed E-state index contributed by atoms with van der Waals surface area (Å²) in [5, 5.41) is 7.52. The maximum absolute atomic E-state index is 5.62. The molecule has 1 rings (SSSR count). The first kappa shape index (κ1) is 16.1. The number of nitrogens with zero attached hydrogens (tertiary/aromatic N) is 2. The van der Waals surface area contributed by atoms with Crippen LogP contribution in [0.2, 0.25) is 0 Å². The summed E-state index contributed by atoms with van der Waals surface area (Å²) in [5.41, 5.74) is -0.491. The molecule has 5 heteroatoms. The summed E-state index contributed by atoms with van der Waals surface area (Å²) in [4.78, 5) is 4.45. The fourth-order valence-electron chi connectivity index (χ4n) is 1.93. The fraction of sp³-hybridized carbons (Fsp3) is 0.857. The highest BCUT2D eigenvalue weighted by Gasteiger charge is 2.27. The third kappa shape index (κ3) is 4.91. The van der Waals surface area contributed by atoms with Gasteiger partial charge in [-0.1, -0.05) is 19.0 Å². The highest BCUT2D eigenvalue weighted by atomic mass is 16.5. The first-order valence-corrected chi connectivity index (χ1v) is 7.23. The van der Waals surface area contributed by atoms with Gasteiger partial charge in [0.25, 0.3) is 0 Å². The van der Waals surface area contributed by atoms with Gasteiger partial charge < -0.3 is 14.6 Å². The summed E-state index contributed by atoms with van der Waals surface area (Å²) in [5.74, 6) is 1.30.